The predicted molar refractivity (Wildman–Crippen MR) is 85.6 cm³/mol. The van der Waals surface area contributed by atoms with Crippen molar-refractivity contribution in [1.29, 1.82) is 0 Å². The molecule has 0 spiro atoms. The molecule has 3 rings (SSSR count). The van der Waals surface area contributed by atoms with Gasteiger partial charge in [0.25, 0.3) is 0 Å². The summed E-state index contributed by atoms with van der Waals surface area (Å²) in [4.78, 5) is 12.3. The largest absolute Gasteiger partial charge is 0.454 e. The van der Waals surface area contributed by atoms with E-state index in [0.717, 1.165) is 24.3 Å². The fourth-order valence-electron chi connectivity index (χ4n) is 2.35. The highest BCUT2D eigenvalue weighted by molar-refractivity contribution is 6.08. The normalized spacial score (nSPS) is 12.8. The minimum atomic E-state index is -3.24. The van der Waals surface area contributed by atoms with Gasteiger partial charge in [0.15, 0.2) is 17.3 Å². The Labute approximate surface area is 150 Å². The number of allylic oxidation sites excluding steroid dienone is 1. The maximum Gasteiger partial charge on any atom is 0.387 e. The van der Waals surface area contributed by atoms with Crippen LogP contribution in [0.15, 0.2) is 42.5 Å². The molecule has 5 nitrogen and oxygen atoms in total. The van der Waals surface area contributed by atoms with Crippen LogP contribution < -0.4 is 18.9 Å². The van der Waals surface area contributed by atoms with Crippen LogP contribution in [-0.4, -0.2) is 25.8 Å². The van der Waals surface area contributed by atoms with Crippen molar-refractivity contribution in [2.75, 3.05) is 6.79 Å². The number of ether oxygens (including phenoxy) is 4. The van der Waals surface area contributed by atoms with Gasteiger partial charge in [0.2, 0.25) is 6.79 Å². The van der Waals surface area contributed by atoms with Crippen LogP contribution in [0.25, 0.3) is 6.08 Å². The van der Waals surface area contributed by atoms with Crippen molar-refractivity contribution >= 4 is 11.9 Å². The Kier molecular flexibility index (Phi) is 5.49. The molecule has 1 aliphatic heterocycles. The van der Waals surface area contributed by atoms with Crippen LogP contribution in [-0.2, 0) is 0 Å². The molecule has 0 aliphatic carbocycles. The quantitative estimate of drug-likeness (QED) is 0.399. The van der Waals surface area contributed by atoms with E-state index in [1.165, 1.54) is 6.08 Å². The fourth-order valence-corrected chi connectivity index (χ4v) is 2.35. The number of hydrogen-bond acceptors (Lipinski definition) is 5. The number of alkyl halides is 4. The van der Waals surface area contributed by atoms with Gasteiger partial charge in [0.05, 0.1) is 5.56 Å². The molecule has 0 unspecified atom stereocenters. The van der Waals surface area contributed by atoms with Gasteiger partial charge < -0.3 is 18.9 Å². The number of carbonyl (C=O) groups excluding carboxylic acids is 1. The molecule has 1 aliphatic rings. The molecular formula is C18H12F4O5. The zero-order valence-electron chi connectivity index (χ0n) is 13.5. The van der Waals surface area contributed by atoms with E-state index in [0.29, 0.717) is 17.1 Å². The van der Waals surface area contributed by atoms with Crippen LogP contribution in [0.1, 0.15) is 15.9 Å². The lowest BCUT2D eigenvalue weighted by atomic mass is 10.1. The van der Waals surface area contributed by atoms with Crippen molar-refractivity contribution < 1.29 is 41.3 Å². The monoisotopic (exact) mass is 384 g/mol. The summed E-state index contributed by atoms with van der Waals surface area (Å²) in [6, 6.07) is 7.91. The summed E-state index contributed by atoms with van der Waals surface area (Å²) in [7, 11) is 0. The Morgan fingerprint density at radius 1 is 0.963 bits per heavy atom. The summed E-state index contributed by atoms with van der Waals surface area (Å²) in [6.07, 6.45) is 2.58. The molecule has 0 N–H and O–H groups in total. The van der Waals surface area contributed by atoms with E-state index in [-0.39, 0.29) is 12.4 Å². The molecule has 1 heterocycles. The van der Waals surface area contributed by atoms with E-state index >= 15 is 0 Å². The Balaban J connectivity index is 1.82. The molecule has 0 saturated heterocycles. The maximum atomic E-state index is 12.6. The average Bonchev–Trinajstić information content (AvgIpc) is 3.06. The van der Waals surface area contributed by atoms with Crippen molar-refractivity contribution in [2.45, 2.75) is 13.2 Å². The molecule has 27 heavy (non-hydrogen) atoms. The SMILES string of the molecule is O=C(C=Cc1ccc2c(c1)OCO2)c1ccc(OC(F)F)cc1OC(F)F. The summed E-state index contributed by atoms with van der Waals surface area (Å²) < 4.78 is 68.5. The van der Waals surface area contributed by atoms with Crippen molar-refractivity contribution in [3.8, 4) is 23.0 Å². The summed E-state index contributed by atoms with van der Waals surface area (Å²) in [5.41, 5.74) is 0.385. The van der Waals surface area contributed by atoms with Gasteiger partial charge in [-0.3, -0.25) is 4.79 Å². The molecule has 2 aromatic carbocycles. The van der Waals surface area contributed by atoms with Crippen molar-refractivity contribution in [1.82, 2.24) is 0 Å². The number of halogens is 4. The van der Waals surface area contributed by atoms with Crippen LogP contribution in [0.5, 0.6) is 23.0 Å². The Morgan fingerprint density at radius 2 is 1.70 bits per heavy atom. The van der Waals surface area contributed by atoms with Crippen molar-refractivity contribution in [3.63, 3.8) is 0 Å². The lowest BCUT2D eigenvalue weighted by Crippen LogP contribution is -2.08. The number of benzene rings is 2. The van der Waals surface area contributed by atoms with E-state index in [2.05, 4.69) is 9.47 Å². The second-order valence-corrected chi connectivity index (χ2v) is 5.23. The summed E-state index contributed by atoms with van der Waals surface area (Å²) in [6.45, 7) is -6.28. The van der Waals surface area contributed by atoms with Crippen LogP contribution in [0.4, 0.5) is 17.6 Å². The molecule has 0 saturated carbocycles. The summed E-state index contributed by atoms with van der Waals surface area (Å²) in [5, 5.41) is 0. The number of rotatable bonds is 7. The molecule has 2 aromatic rings. The molecule has 0 radical (unpaired) electrons. The van der Waals surface area contributed by atoms with E-state index in [4.69, 9.17) is 9.47 Å². The molecule has 0 amide bonds. The van der Waals surface area contributed by atoms with Crippen LogP contribution in [0.3, 0.4) is 0 Å². The van der Waals surface area contributed by atoms with Crippen molar-refractivity contribution in [2.24, 2.45) is 0 Å². The van der Waals surface area contributed by atoms with Crippen LogP contribution >= 0.6 is 0 Å². The minimum absolute atomic E-state index is 0.1000. The number of fused-ring (bicyclic) bond motifs is 1. The summed E-state index contributed by atoms with van der Waals surface area (Å²) in [5.74, 6) is -0.548. The predicted octanol–water partition coefficient (Wildman–Crippen LogP) is 4.51. The zero-order valence-corrected chi connectivity index (χ0v) is 13.5. The van der Waals surface area contributed by atoms with E-state index < -0.39 is 30.5 Å². The van der Waals surface area contributed by atoms with Gasteiger partial charge in [0, 0.05) is 6.07 Å². The first-order chi connectivity index (χ1) is 12.9. The highest BCUT2D eigenvalue weighted by Gasteiger charge is 2.17. The zero-order chi connectivity index (χ0) is 19.4. The van der Waals surface area contributed by atoms with E-state index in [1.807, 2.05) is 0 Å². The topological polar surface area (TPSA) is 54.0 Å². The second-order valence-electron chi connectivity index (χ2n) is 5.23. The van der Waals surface area contributed by atoms with Gasteiger partial charge in [-0.2, -0.15) is 17.6 Å². The van der Waals surface area contributed by atoms with Gasteiger partial charge in [-0.1, -0.05) is 12.1 Å². The molecule has 9 heteroatoms. The maximum absolute atomic E-state index is 12.6. The number of carbonyl (C=O) groups is 1. The third kappa shape index (κ3) is 4.69. The standard InChI is InChI=1S/C18H12F4O5/c19-17(20)26-11-3-4-12(15(8-11)27-18(21)22)13(23)5-1-10-2-6-14-16(7-10)25-9-24-14/h1-8,17-18H,9H2. The van der Waals surface area contributed by atoms with E-state index in [1.54, 1.807) is 18.2 Å². The number of ketones is 1. The third-order valence-corrected chi connectivity index (χ3v) is 3.48. The molecule has 0 fully saturated rings. The highest BCUT2D eigenvalue weighted by Crippen LogP contribution is 2.33. The van der Waals surface area contributed by atoms with E-state index in [9.17, 15) is 22.4 Å². The first kappa shape index (κ1) is 18.6. The Hall–Kier alpha value is -3.23. The van der Waals surface area contributed by atoms with Gasteiger partial charge in [0.1, 0.15) is 11.5 Å². The molecule has 0 aromatic heterocycles. The first-order valence-corrected chi connectivity index (χ1v) is 7.58. The minimum Gasteiger partial charge on any atom is -0.454 e. The average molecular weight is 384 g/mol. The van der Waals surface area contributed by atoms with Gasteiger partial charge in [-0.05, 0) is 35.9 Å². The molecule has 0 atom stereocenters. The highest BCUT2D eigenvalue weighted by atomic mass is 19.3. The summed E-state index contributed by atoms with van der Waals surface area (Å²) >= 11 is 0. The third-order valence-electron chi connectivity index (χ3n) is 3.48. The van der Waals surface area contributed by atoms with Gasteiger partial charge in [-0.25, -0.2) is 0 Å². The number of hydrogen-bond donors (Lipinski definition) is 0. The molecule has 0 bridgehead atoms. The van der Waals surface area contributed by atoms with Crippen LogP contribution in [0, 0.1) is 0 Å². The first-order valence-electron chi connectivity index (χ1n) is 7.58. The van der Waals surface area contributed by atoms with Crippen LogP contribution in [0.2, 0.25) is 0 Å². The fraction of sp³-hybridized carbons (Fsp3) is 0.167. The van der Waals surface area contributed by atoms with Crippen molar-refractivity contribution in [3.05, 3.63) is 53.6 Å². The van der Waals surface area contributed by atoms with Gasteiger partial charge >= 0.3 is 13.2 Å². The Bertz CT molecular complexity index is 867. The second kappa shape index (κ2) is 7.98. The molecular weight excluding hydrogens is 372 g/mol. The lowest BCUT2D eigenvalue weighted by molar-refractivity contribution is -0.0544. The Morgan fingerprint density at radius 3 is 2.44 bits per heavy atom. The van der Waals surface area contributed by atoms with Gasteiger partial charge in [-0.15, -0.1) is 0 Å². The smallest absolute Gasteiger partial charge is 0.387 e. The lowest BCUT2D eigenvalue weighted by Gasteiger charge is -2.11. The molecule has 142 valence electrons.